The summed E-state index contributed by atoms with van der Waals surface area (Å²) >= 11 is 0. The molecule has 3 heteroatoms. The summed E-state index contributed by atoms with van der Waals surface area (Å²) in [5, 5.41) is 6.93. The minimum absolute atomic E-state index is 0.662. The van der Waals surface area contributed by atoms with Crippen molar-refractivity contribution >= 4 is 43.5 Å². The number of rotatable bonds is 4. The van der Waals surface area contributed by atoms with Crippen molar-refractivity contribution in [2.45, 2.75) is 0 Å². The maximum absolute atomic E-state index is 6.73. The van der Waals surface area contributed by atoms with Gasteiger partial charge < -0.3 is 4.42 Å². The van der Waals surface area contributed by atoms with Gasteiger partial charge in [-0.1, -0.05) is 127 Å². The monoisotopic (exact) mass is 574 g/mol. The standard InChI is InChI=1S/C42H26N2O/c1-3-12-28(13-4-1)37-26-38(32-20-19-27-11-7-8-16-30(27)23-32)44-42(43-37)33-21-22-35-36-24-31-17-9-10-18-34(31)40(29-14-5-2-6-15-29)41(36)45-39(35)25-33/h1-26H. The molecule has 210 valence electrons. The van der Waals surface area contributed by atoms with Gasteiger partial charge in [-0.2, -0.15) is 0 Å². The molecule has 0 saturated carbocycles. The van der Waals surface area contributed by atoms with Gasteiger partial charge in [0.15, 0.2) is 5.82 Å². The van der Waals surface area contributed by atoms with Crippen molar-refractivity contribution in [2.24, 2.45) is 0 Å². The van der Waals surface area contributed by atoms with Gasteiger partial charge in [0.25, 0.3) is 0 Å². The molecule has 0 radical (unpaired) electrons. The average Bonchev–Trinajstić information content (AvgIpc) is 3.48. The Morgan fingerprint density at radius 3 is 1.82 bits per heavy atom. The van der Waals surface area contributed by atoms with Crippen LogP contribution in [-0.4, -0.2) is 9.97 Å². The molecule has 0 aliphatic rings. The first kappa shape index (κ1) is 25.4. The molecule has 45 heavy (non-hydrogen) atoms. The van der Waals surface area contributed by atoms with E-state index < -0.39 is 0 Å². The third-order valence-corrected chi connectivity index (χ3v) is 8.65. The summed E-state index contributed by atoms with van der Waals surface area (Å²) in [4.78, 5) is 10.2. The van der Waals surface area contributed by atoms with Crippen LogP contribution in [0, 0.1) is 0 Å². The average molecular weight is 575 g/mol. The fraction of sp³-hybridized carbons (Fsp3) is 0. The Morgan fingerprint density at radius 2 is 1.02 bits per heavy atom. The molecule has 0 bridgehead atoms. The summed E-state index contributed by atoms with van der Waals surface area (Å²) in [5.74, 6) is 0.662. The number of hydrogen-bond donors (Lipinski definition) is 0. The molecule has 0 spiro atoms. The molecule has 3 nitrogen and oxygen atoms in total. The Hall–Kier alpha value is -6.06. The summed E-state index contributed by atoms with van der Waals surface area (Å²) < 4.78 is 6.73. The summed E-state index contributed by atoms with van der Waals surface area (Å²) in [7, 11) is 0. The lowest BCUT2D eigenvalue weighted by Gasteiger charge is -2.10. The van der Waals surface area contributed by atoms with Gasteiger partial charge in [0.2, 0.25) is 0 Å². The predicted octanol–water partition coefficient (Wildman–Crippen LogP) is 11.4. The Labute approximate surface area is 260 Å². The van der Waals surface area contributed by atoms with Crippen LogP contribution in [0.15, 0.2) is 162 Å². The predicted molar refractivity (Wildman–Crippen MR) is 186 cm³/mol. The highest BCUT2D eigenvalue weighted by molar-refractivity contribution is 6.18. The fourth-order valence-corrected chi connectivity index (χ4v) is 6.43. The lowest BCUT2D eigenvalue weighted by Crippen LogP contribution is -1.96. The molecule has 2 aromatic heterocycles. The van der Waals surface area contributed by atoms with Gasteiger partial charge in [-0.25, -0.2) is 9.97 Å². The van der Waals surface area contributed by atoms with E-state index in [4.69, 9.17) is 14.4 Å². The minimum Gasteiger partial charge on any atom is -0.455 e. The van der Waals surface area contributed by atoms with Crippen molar-refractivity contribution in [1.82, 2.24) is 9.97 Å². The van der Waals surface area contributed by atoms with Crippen molar-refractivity contribution in [3.05, 3.63) is 158 Å². The molecule has 0 atom stereocenters. The molecule has 0 fully saturated rings. The number of fused-ring (bicyclic) bond motifs is 5. The molecule has 0 amide bonds. The second-order valence-corrected chi connectivity index (χ2v) is 11.4. The lowest BCUT2D eigenvalue weighted by atomic mass is 9.95. The maximum Gasteiger partial charge on any atom is 0.160 e. The highest BCUT2D eigenvalue weighted by Crippen LogP contribution is 2.42. The van der Waals surface area contributed by atoms with Gasteiger partial charge >= 0.3 is 0 Å². The Morgan fingerprint density at radius 1 is 0.378 bits per heavy atom. The summed E-state index contributed by atoms with van der Waals surface area (Å²) in [6.45, 7) is 0. The van der Waals surface area contributed by atoms with Gasteiger partial charge in [-0.3, -0.25) is 0 Å². The van der Waals surface area contributed by atoms with E-state index in [0.29, 0.717) is 5.82 Å². The van der Waals surface area contributed by atoms with Crippen molar-refractivity contribution in [3.8, 4) is 45.0 Å². The maximum atomic E-state index is 6.73. The van der Waals surface area contributed by atoms with Crippen LogP contribution in [-0.2, 0) is 0 Å². The second-order valence-electron chi connectivity index (χ2n) is 11.4. The molecule has 0 aliphatic carbocycles. The highest BCUT2D eigenvalue weighted by atomic mass is 16.3. The first-order valence-electron chi connectivity index (χ1n) is 15.2. The van der Waals surface area contributed by atoms with Crippen molar-refractivity contribution in [1.29, 1.82) is 0 Å². The quantitative estimate of drug-likeness (QED) is 0.210. The summed E-state index contributed by atoms with van der Waals surface area (Å²) in [6.07, 6.45) is 0. The third-order valence-electron chi connectivity index (χ3n) is 8.65. The first-order valence-corrected chi connectivity index (χ1v) is 15.2. The Balaban J connectivity index is 1.26. The van der Waals surface area contributed by atoms with E-state index in [-0.39, 0.29) is 0 Å². The van der Waals surface area contributed by atoms with Crippen LogP contribution in [0.5, 0.6) is 0 Å². The van der Waals surface area contributed by atoms with Gasteiger partial charge in [-0.15, -0.1) is 0 Å². The zero-order valence-electron chi connectivity index (χ0n) is 24.3. The number of hydrogen-bond acceptors (Lipinski definition) is 3. The Kier molecular flexibility index (Phi) is 5.82. The third kappa shape index (κ3) is 4.37. The molecule has 0 aliphatic heterocycles. The molecular weight excluding hydrogens is 548 g/mol. The highest BCUT2D eigenvalue weighted by Gasteiger charge is 2.18. The van der Waals surface area contributed by atoms with Crippen LogP contribution in [0.4, 0.5) is 0 Å². The van der Waals surface area contributed by atoms with Crippen LogP contribution >= 0.6 is 0 Å². The fourth-order valence-electron chi connectivity index (χ4n) is 6.43. The van der Waals surface area contributed by atoms with Crippen LogP contribution in [0.2, 0.25) is 0 Å². The van der Waals surface area contributed by atoms with E-state index in [1.807, 2.05) is 24.3 Å². The smallest absolute Gasteiger partial charge is 0.160 e. The molecular formula is C42H26N2O. The summed E-state index contributed by atoms with van der Waals surface area (Å²) in [6, 6.07) is 54.9. The lowest BCUT2D eigenvalue weighted by molar-refractivity contribution is 0.670. The van der Waals surface area contributed by atoms with E-state index >= 15 is 0 Å². The van der Waals surface area contributed by atoms with E-state index in [1.54, 1.807) is 0 Å². The number of furan rings is 1. The van der Waals surface area contributed by atoms with Gasteiger partial charge in [-0.05, 0) is 57.4 Å². The topological polar surface area (TPSA) is 38.9 Å². The van der Waals surface area contributed by atoms with E-state index in [1.165, 1.54) is 21.5 Å². The van der Waals surface area contributed by atoms with Gasteiger partial charge in [0, 0.05) is 33.0 Å². The zero-order valence-corrected chi connectivity index (χ0v) is 24.3. The largest absolute Gasteiger partial charge is 0.455 e. The molecule has 9 rings (SSSR count). The normalized spacial score (nSPS) is 11.6. The molecule has 7 aromatic carbocycles. The van der Waals surface area contributed by atoms with Crippen molar-refractivity contribution < 1.29 is 4.42 Å². The van der Waals surface area contributed by atoms with E-state index in [0.717, 1.165) is 61.1 Å². The molecule has 0 saturated heterocycles. The van der Waals surface area contributed by atoms with E-state index in [9.17, 15) is 0 Å². The minimum atomic E-state index is 0.662. The number of benzene rings is 7. The zero-order chi connectivity index (χ0) is 29.7. The van der Waals surface area contributed by atoms with Crippen LogP contribution in [0.3, 0.4) is 0 Å². The molecule has 2 heterocycles. The van der Waals surface area contributed by atoms with Crippen LogP contribution in [0.25, 0.3) is 88.5 Å². The van der Waals surface area contributed by atoms with E-state index in [2.05, 4.69) is 133 Å². The van der Waals surface area contributed by atoms with Crippen molar-refractivity contribution in [3.63, 3.8) is 0 Å². The van der Waals surface area contributed by atoms with Gasteiger partial charge in [0.05, 0.1) is 11.4 Å². The van der Waals surface area contributed by atoms with Crippen LogP contribution < -0.4 is 0 Å². The summed E-state index contributed by atoms with van der Waals surface area (Å²) in [5.41, 5.74) is 8.73. The van der Waals surface area contributed by atoms with Crippen molar-refractivity contribution in [2.75, 3.05) is 0 Å². The number of nitrogens with zero attached hydrogens (tertiary/aromatic N) is 2. The molecule has 0 N–H and O–H groups in total. The molecule has 0 unspecified atom stereocenters. The molecule has 9 aromatic rings. The number of aromatic nitrogens is 2. The van der Waals surface area contributed by atoms with Gasteiger partial charge in [0.1, 0.15) is 11.2 Å². The first-order chi connectivity index (χ1) is 22.3. The SMILES string of the molecule is c1ccc(-c2cc(-c3ccc4ccccc4c3)nc(-c3ccc4c(c3)oc3c(-c5ccccc5)c5ccccc5cc34)n2)cc1. The Bertz CT molecular complexity index is 2530. The van der Waals surface area contributed by atoms with Crippen LogP contribution in [0.1, 0.15) is 0 Å². The second kappa shape index (κ2) is 10.3.